The average molecular weight is 442 g/mol. The van der Waals surface area contributed by atoms with Gasteiger partial charge in [0, 0.05) is 36.2 Å². The van der Waals surface area contributed by atoms with Crippen molar-refractivity contribution in [3.8, 4) is 0 Å². The number of hydrogen-bond acceptors (Lipinski definition) is 4. The predicted molar refractivity (Wildman–Crippen MR) is 107 cm³/mol. The van der Waals surface area contributed by atoms with Crippen LogP contribution in [0.1, 0.15) is 42.9 Å². The van der Waals surface area contributed by atoms with E-state index in [0.29, 0.717) is 31.5 Å². The molecule has 3 heterocycles. The molecule has 3 atom stereocenters. The molecule has 0 unspecified atom stereocenters. The monoisotopic (exact) mass is 441 g/mol. The zero-order chi connectivity index (χ0) is 18.3. The average Bonchev–Trinajstić information content (AvgIpc) is 2.64. The SMILES string of the molecule is NCCCS(=O)(=O)N1CCC[C@@H]2CN3CCc4cc(Br)ccc4[C@@H]3C[C@@H]21. The van der Waals surface area contributed by atoms with Crippen LogP contribution in [-0.4, -0.2) is 55.6 Å². The molecule has 0 aliphatic carbocycles. The molecule has 2 saturated heterocycles. The van der Waals surface area contributed by atoms with Crippen LogP contribution in [0.4, 0.5) is 0 Å². The second-order valence-corrected chi connectivity index (χ2v) is 10.8. The van der Waals surface area contributed by atoms with Crippen molar-refractivity contribution in [2.24, 2.45) is 11.7 Å². The Balaban J connectivity index is 1.61. The number of nitrogens with two attached hydrogens (primary N) is 1. The number of hydrogen-bond donors (Lipinski definition) is 1. The summed E-state index contributed by atoms with van der Waals surface area (Å²) in [5, 5.41) is 0. The molecule has 0 aromatic heterocycles. The number of sulfonamides is 1. The largest absolute Gasteiger partial charge is 0.330 e. The maximum absolute atomic E-state index is 12.9. The van der Waals surface area contributed by atoms with E-state index in [1.54, 1.807) is 0 Å². The lowest BCUT2D eigenvalue weighted by Crippen LogP contribution is -2.57. The molecule has 4 rings (SSSR count). The van der Waals surface area contributed by atoms with Crippen molar-refractivity contribution >= 4 is 26.0 Å². The summed E-state index contributed by atoms with van der Waals surface area (Å²) >= 11 is 3.58. The van der Waals surface area contributed by atoms with Crippen LogP contribution in [0.25, 0.3) is 0 Å². The molecule has 0 bridgehead atoms. The Bertz CT molecular complexity index is 770. The van der Waals surface area contributed by atoms with E-state index in [9.17, 15) is 8.42 Å². The Morgan fingerprint density at radius 1 is 1.27 bits per heavy atom. The van der Waals surface area contributed by atoms with Crippen LogP contribution in [0.15, 0.2) is 22.7 Å². The van der Waals surface area contributed by atoms with E-state index < -0.39 is 10.0 Å². The van der Waals surface area contributed by atoms with Gasteiger partial charge in [0.25, 0.3) is 0 Å². The first-order valence-electron chi connectivity index (χ1n) is 9.71. The molecule has 26 heavy (non-hydrogen) atoms. The molecule has 2 N–H and O–H groups in total. The summed E-state index contributed by atoms with van der Waals surface area (Å²) in [6, 6.07) is 7.06. The molecule has 144 valence electrons. The van der Waals surface area contributed by atoms with Gasteiger partial charge in [0.1, 0.15) is 0 Å². The summed E-state index contributed by atoms with van der Waals surface area (Å²) in [7, 11) is -3.21. The fourth-order valence-electron chi connectivity index (χ4n) is 5.11. The molecule has 0 radical (unpaired) electrons. The molecule has 1 aromatic rings. The molecule has 0 spiro atoms. The minimum absolute atomic E-state index is 0.141. The van der Waals surface area contributed by atoms with Gasteiger partial charge in [-0.2, -0.15) is 4.31 Å². The lowest BCUT2D eigenvalue weighted by atomic mass is 9.77. The van der Waals surface area contributed by atoms with Gasteiger partial charge in [-0.25, -0.2) is 8.42 Å². The Morgan fingerprint density at radius 3 is 2.92 bits per heavy atom. The molecule has 0 amide bonds. The quantitative estimate of drug-likeness (QED) is 0.779. The van der Waals surface area contributed by atoms with E-state index in [0.717, 1.165) is 43.2 Å². The standard InChI is InChI=1S/C19H28BrN3O2S/c20-16-4-5-17-14(11-16)6-9-22-13-15-3-1-8-23(18(15)12-19(17)22)26(24,25)10-2-7-21/h4-5,11,15,18-19H,1-3,6-10,12-13,21H2/t15-,18+,19+/m1/s1. The van der Waals surface area contributed by atoms with Gasteiger partial charge in [0.05, 0.1) is 5.75 Å². The van der Waals surface area contributed by atoms with Crippen molar-refractivity contribution < 1.29 is 8.42 Å². The highest BCUT2D eigenvalue weighted by atomic mass is 79.9. The third-order valence-corrected chi connectivity index (χ3v) is 8.80. The van der Waals surface area contributed by atoms with E-state index in [1.165, 1.54) is 11.1 Å². The Morgan fingerprint density at radius 2 is 2.12 bits per heavy atom. The summed E-state index contributed by atoms with van der Waals surface area (Å²) in [6.07, 6.45) is 4.67. The number of benzene rings is 1. The van der Waals surface area contributed by atoms with Crippen LogP contribution in [0.3, 0.4) is 0 Å². The topological polar surface area (TPSA) is 66.6 Å². The van der Waals surface area contributed by atoms with Crippen LogP contribution in [-0.2, 0) is 16.4 Å². The summed E-state index contributed by atoms with van der Waals surface area (Å²) < 4.78 is 28.8. The smallest absolute Gasteiger partial charge is 0.214 e. The number of fused-ring (bicyclic) bond motifs is 4. The van der Waals surface area contributed by atoms with Crippen molar-refractivity contribution in [3.05, 3.63) is 33.8 Å². The van der Waals surface area contributed by atoms with Gasteiger partial charge < -0.3 is 5.73 Å². The van der Waals surface area contributed by atoms with Gasteiger partial charge >= 0.3 is 0 Å². The van der Waals surface area contributed by atoms with E-state index in [1.807, 2.05) is 4.31 Å². The first kappa shape index (κ1) is 18.9. The van der Waals surface area contributed by atoms with Crippen LogP contribution in [0, 0.1) is 5.92 Å². The van der Waals surface area contributed by atoms with E-state index >= 15 is 0 Å². The summed E-state index contributed by atoms with van der Waals surface area (Å²) in [5.74, 6) is 0.648. The first-order chi connectivity index (χ1) is 12.5. The van der Waals surface area contributed by atoms with Crippen LogP contribution in [0.2, 0.25) is 0 Å². The molecule has 7 heteroatoms. The normalized spacial score (nSPS) is 29.7. The van der Waals surface area contributed by atoms with E-state index in [2.05, 4.69) is 39.0 Å². The molecule has 1 aromatic carbocycles. The van der Waals surface area contributed by atoms with Crippen molar-refractivity contribution in [1.29, 1.82) is 0 Å². The van der Waals surface area contributed by atoms with Gasteiger partial charge in [0.2, 0.25) is 10.0 Å². The number of piperidine rings is 2. The third-order valence-electron chi connectivity index (χ3n) is 6.34. The second-order valence-electron chi connectivity index (χ2n) is 7.88. The van der Waals surface area contributed by atoms with Crippen molar-refractivity contribution in [3.63, 3.8) is 0 Å². The number of nitrogens with zero attached hydrogens (tertiary/aromatic N) is 2. The number of halogens is 1. The minimum atomic E-state index is -3.21. The van der Waals surface area contributed by atoms with E-state index in [4.69, 9.17) is 5.73 Å². The highest BCUT2D eigenvalue weighted by molar-refractivity contribution is 9.10. The summed E-state index contributed by atoms with van der Waals surface area (Å²) in [5.41, 5.74) is 8.36. The van der Waals surface area contributed by atoms with Gasteiger partial charge in [-0.05, 0) is 67.8 Å². The van der Waals surface area contributed by atoms with Gasteiger partial charge in [0.15, 0.2) is 0 Å². The molecule has 3 aliphatic heterocycles. The molecular weight excluding hydrogens is 414 g/mol. The van der Waals surface area contributed by atoms with E-state index in [-0.39, 0.29) is 11.8 Å². The fraction of sp³-hybridized carbons (Fsp3) is 0.684. The summed E-state index contributed by atoms with van der Waals surface area (Å²) in [6.45, 7) is 3.21. The van der Waals surface area contributed by atoms with Gasteiger partial charge in [-0.15, -0.1) is 0 Å². The van der Waals surface area contributed by atoms with Gasteiger partial charge in [-0.1, -0.05) is 22.0 Å². The van der Waals surface area contributed by atoms with Crippen molar-refractivity contribution in [1.82, 2.24) is 9.21 Å². The van der Waals surface area contributed by atoms with Gasteiger partial charge in [-0.3, -0.25) is 4.90 Å². The zero-order valence-electron chi connectivity index (χ0n) is 15.1. The Hall–Kier alpha value is -0.470. The zero-order valence-corrected chi connectivity index (χ0v) is 17.5. The number of rotatable bonds is 4. The molecule has 3 aliphatic rings. The molecular formula is C19H28BrN3O2S. The minimum Gasteiger partial charge on any atom is -0.330 e. The fourth-order valence-corrected chi connectivity index (χ4v) is 7.36. The van der Waals surface area contributed by atoms with Crippen molar-refractivity contribution in [2.75, 3.05) is 31.9 Å². The molecule has 0 saturated carbocycles. The van der Waals surface area contributed by atoms with Crippen molar-refractivity contribution in [2.45, 2.75) is 44.2 Å². The highest BCUT2D eigenvalue weighted by Gasteiger charge is 2.45. The van der Waals surface area contributed by atoms with Crippen LogP contribution in [0.5, 0.6) is 0 Å². The predicted octanol–water partition coefficient (Wildman–Crippen LogP) is 2.51. The first-order valence-corrected chi connectivity index (χ1v) is 12.1. The highest BCUT2D eigenvalue weighted by Crippen LogP contribution is 2.44. The Labute approximate surface area is 165 Å². The van der Waals surface area contributed by atoms with Crippen LogP contribution >= 0.6 is 15.9 Å². The molecule has 2 fully saturated rings. The van der Waals surface area contributed by atoms with Crippen LogP contribution < -0.4 is 5.73 Å². The third kappa shape index (κ3) is 3.49. The second kappa shape index (κ2) is 7.51. The lowest BCUT2D eigenvalue weighted by Gasteiger charge is -2.51. The molecule has 5 nitrogen and oxygen atoms in total. The summed E-state index contributed by atoms with van der Waals surface area (Å²) in [4.78, 5) is 2.59. The Kier molecular flexibility index (Phi) is 5.45. The lowest BCUT2D eigenvalue weighted by molar-refractivity contribution is 0.0220. The maximum Gasteiger partial charge on any atom is 0.214 e. The maximum atomic E-state index is 12.9.